The molecular formula is C8H13KO3S. The van der Waals surface area contributed by atoms with E-state index in [4.69, 9.17) is 0 Å². The second-order valence-corrected chi connectivity index (χ2v) is 4.96. The number of aliphatic carboxylic acids is 1. The second-order valence-electron chi connectivity index (χ2n) is 3.29. The van der Waals surface area contributed by atoms with Gasteiger partial charge in [0.2, 0.25) is 0 Å². The number of carboxylic acids is 1. The molecule has 0 aliphatic heterocycles. The SMILES string of the molecule is CS(=O)C1CCC(C(=O)[O-])CC1.[K+]. The van der Waals surface area contributed by atoms with Crippen LogP contribution in [0.15, 0.2) is 0 Å². The maximum Gasteiger partial charge on any atom is 1.00 e. The number of hydrogen-bond donors (Lipinski definition) is 0. The van der Waals surface area contributed by atoms with Crippen LogP contribution in [0.3, 0.4) is 0 Å². The summed E-state index contributed by atoms with van der Waals surface area (Å²) in [6, 6.07) is 0. The van der Waals surface area contributed by atoms with Gasteiger partial charge in [0.1, 0.15) is 0 Å². The molecule has 0 aromatic carbocycles. The smallest absolute Gasteiger partial charge is 0.550 e. The van der Waals surface area contributed by atoms with Crippen LogP contribution in [0.1, 0.15) is 25.7 Å². The third-order valence-electron chi connectivity index (χ3n) is 2.48. The molecule has 0 radical (unpaired) electrons. The third kappa shape index (κ3) is 4.53. The predicted octanol–water partition coefficient (Wildman–Crippen LogP) is -3.32. The number of rotatable bonds is 2. The van der Waals surface area contributed by atoms with E-state index in [1.165, 1.54) is 0 Å². The molecule has 0 bridgehead atoms. The molecule has 70 valence electrons. The van der Waals surface area contributed by atoms with Crippen LogP contribution in [0.4, 0.5) is 0 Å². The minimum absolute atomic E-state index is 0. The second kappa shape index (κ2) is 6.69. The van der Waals surface area contributed by atoms with E-state index in [1.54, 1.807) is 6.26 Å². The Balaban J connectivity index is 0.00000144. The molecule has 0 saturated heterocycles. The van der Waals surface area contributed by atoms with E-state index in [1.807, 2.05) is 0 Å². The first-order valence-electron chi connectivity index (χ1n) is 4.14. The maximum atomic E-state index is 11.0. The molecule has 1 aliphatic carbocycles. The van der Waals surface area contributed by atoms with Crippen LogP contribution >= 0.6 is 0 Å². The number of carboxylic acid groups (broad SMARTS) is 1. The molecule has 5 heteroatoms. The molecule has 1 saturated carbocycles. The van der Waals surface area contributed by atoms with Gasteiger partial charge in [-0.05, 0) is 31.6 Å². The standard InChI is InChI=1S/C8H14O3S.K/c1-12(11)7-4-2-6(3-5-7)8(9)10;/h6-7H,2-5H2,1H3,(H,9,10);/q;+1/p-1. The van der Waals surface area contributed by atoms with Crippen molar-refractivity contribution in [2.24, 2.45) is 5.92 Å². The van der Waals surface area contributed by atoms with Gasteiger partial charge in [-0.1, -0.05) is 0 Å². The van der Waals surface area contributed by atoms with Crippen LogP contribution in [0.25, 0.3) is 0 Å². The van der Waals surface area contributed by atoms with Gasteiger partial charge in [-0.2, -0.15) is 0 Å². The summed E-state index contributed by atoms with van der Waals surface area (Å²) in [7, 11) is -0.794. The average Bonchev–Trinajstić information content (AvgIpc) is 2.04. The van der Waals surface area contributed by atoms with Crippen molar-refractivity contribution >= 4 is 16.8 Å². The molecule has 0 spiro atoms. The maximum absolute atomic E-state index is 11.0. The average molecular weight is 228 g/mol. The van der Waals surface area contributed by atoms with Gasteiger partial charge in [0.05, 0.1) is 0 Å². The molecule has 1 unspecified atom stereocenters. The van der Waals surface area contributed by atoms with E-state index in [0.29, 0.717) is 12.8 Å². The van der Waals surface area contributed by atoms with Gasteiger partial charge in [0, 0.05) is 28.3 Å². The number of hydrogen-bond acceptors (Lipinski definition) is 3. The Hall–Kier alpha value is 1.26. The Morgan fingerprint density at radius 3 is 2.08 bits per heavy atom. The van der Waals surface area contributed by atoms with Crippen molar-refractivity contribution in [2.75, 3.05) is 6.26 Å². The number of carbonyl (C=O) groups is 1. The largest absolute Gasteiger partial charge is 1.00 e. The fraction of sp³-hybridized carbons (Fsp3) is 0.875. The van der Waals surface area contributed by atoms with Crippen molar-refractivity contribution in [1.82, 2.24) is 0 Å². The van der Waals surface area contributed by atoms with Crippen LogP contribution in [-0.2, 0) is 15.6 Å². The van der Waals surface area contributed by atoms with Gasteiger partial charge >= 0.3 is 51.4 Å². The van der Waals surface area contributed by atoms with Crippen LogP contribution in [0, 0.1) is 5.92 Å². The van der Waals surface area contributed by atoms with E-state index in [9.17, 15) is 14.1 Å². The minimum atomic E-state index is -0.949. The topological polar surface area (TPSA) is 57.2 Å². The molecule has 1 rings (SSSR count). The molecule has 1 atom stereocenters. The molecule has 1 aliphatic rings. The number of carbonyl (C=O) groups excluding carboxylic acids is 1. The van der Waals surface area contributed by atoms with E-state index < -0.39 is 16.8 Å². The van der Waals surface area contributed by atoms with Crippen molar-refractivity contribution < 1.29 is 65.5 Å². The van der Waals surface area contributed by atoms with Gasteiger partial charge in [0.15, 0.2) is 0 Å². The van der Waals surface area contributed by atoms with Crippen LogP contribution in [-0.4, -0.2) is 21.7 Å². The first kappa shape index (κ1) is 14.3. The summed E-state index contributed by atoms with van der Waals surface area (Å²) in [6.45, 7) is 0. The normalized spacial score (nSPS) is 30.2. The summed E-state index contributed by atoms with van der Waals surface area (Å²) in [5, 5.41) is 10.7. The van der Waals surface area contributed by atoms with Gasteiger partial charge in [-0.15, -0.1) is 0 Å². The molecule has 0 aromatic heterocycles. The van der Waals surface area contributed by atoms with E-state index >= 15 is 0 Å². The molecule has 0 N–H and O–H groups in total. The molecular weight excluding hydrogens is 215 g/mol. The fourth-order valence-electron chi connectivity index (χ4n) is 1.63. The van der Waals surface area contributed by atoms with Crippen molar-refractivity contribution in [3.8, 4) is 0 Å². The monoisotopic (exact) mass is 228 g/mol. The van der Waals surface area contributed by atoms with Crippen molar-refractivity contribution in [3.63, 3.8) is 0 Å². The Morgan fingerprint density at radius 2 is 1.77 bits per heavy atom. The van der Waals surface area contributed by atoms with E-state index in [0.717, 1.165) is 12.8 Å². The zero-order valence-corrected chi connectivity index (χ0v) is 12.1. The van der Waals surface area contributed by atoms with Gasteiger partial charge in [-0.3, -0.25) is 4.21 Å². The van der Waals surface area contributed by atoms with Crippen LogP contribution in [0.5, 0.6) is 0 Å². The summed E-state index contributed by atoms with van der Waals surface area (Å²) in [5.41, 5.74) is 0. The van der Waals surface area contributed by atoms with Gasteiger partial charge in [-0.25, -0.2) is 0 Å². The quantitative estimate of drug-likeness (QED) is 0.465. The summed E-state index contributed by atoms with van der Waals surface area (Å²) >= 11 is 0. The van der Waals surface area contributed by atoms with Gasteiger partial charge < -0.3 is 9.90 Å². The van der Waals surface area contributed by atoms with Crippen LogP contribution < -0.4 is 56.5 Å². The first-order chi connectivity index (χ1) is 5.61. The van der Waals surface area contributed by atoms with E-state index in [2.05, 4.69) is 0 Å². The Morgan fingerprint density at radius 1 is 1.31 bits per heavy atom. The Bertz CT molecular complexity index is 178. The predicted molar refractivity (Wildman–Crippen MR) is 44.8 cm³/mol. The summed E-state index contributed by atoms with van der Waals surface area (Å²) < 4.78 is 11.0. The third-order valence-corrected chi connectivity index (χ3v) is 3.89. The fourth-order valence-corrected chi connectivity index (χ4v) is 2.57. The van der Waals surface area contributed by atoms with Gasteiger partial charge in [0.25, 0.3) is 0 Å². The summed E-state index contributed by atoms with van der Waals surface area (Å²) in [6.07, 6.45) is 4.48. The van der Waals surface area contributed by atoms with Crippen molar-refractivity contribution in [3.05, 3.63) is 0 Å². The first-order valence-corrected chi connectivity index (χ1v) is 5.76. The molecule has 0 aromatic rings. The van der Waals surface area contributed by atoms with Crippen molar-refractivity contribution in [1.29, 1.82) is 0 Å². The molecule has 13 heavy (non-hydrogen) atoms. The minimum Gasteiger partial charge on any atom is -0.550 e. The zero-order chi connectivity index (χ0) is 9.14. The molecule has 1 fully saturated rings. The summed E-state index contributed by atoms with van der Waals surface area (Å²) in [5.74, 6) is -1.25. The molecule has 0 amide bonds. The summed E-state index contributed by atoms with van der Waals surface area (Å²) in [4.78, 5) is 10.4. The Labute approximate surface area is 124 Å². The van der Waals surface area contributed by atoms with Crippen LogP contribution in [0.2, 0.25) is 0 Å². The van der Waals surface area contributed by atoms with Crippen molar-refractivity contribution in [2.45, 2.75) is 30.9 Å². The Kier molecular flexibility index (Phi) is 7.33. The molecule has 0 heterocycles. The molecule has 3 nitrogen and oxygen atoms in total. The zero-order valence-electron chi connectivity index (χ0n) is 8.12. The van der Waals surface area contributed by atoms with E-state index in [-0.39, 0.29) is 62.6 Å².